The lowest BCUT2D eigenvalue weighted by Crippen LogP contribution is -2.22. The van der Waals surface area contributed by atoms with Crippen molar-refractivity contribution in [2.75, 3.05) is 37.8 Å². The van der Waals surface area contributed by atoms with Crippen LogP contribution >= 0.6 is 58.9 Å². The van der Waals surface area contributed by atoms with Gasteiger partial charge >= 0.3 is 3.18 Å². The van der Waals surface area contributed by atoms with Crippen molar-refractivity contribution in [2.45, 2.75) is 31.1 Å². The smallest absolute Gasteiger partial charge is 0.369 e. The molecule has 1 aromatic heterocycles. The Morgan fingerprint density at radius 3 is 2.40 bits per heavy atom. The average molecular weight is 821 g/mol. The fourth-order valence-corrected chi connectivity index (χ4v) is 6.39. The Bertz CT molecular complexity index is 1680. The predicted molar refractivity (Wildman–Crippen MR) is 184 cm³/mol. The number of sulfone groups is 1. The summed E-state index contributed by atoms with van der Waals surface area (Å²) in [5.41, 5.74) is 3.21. The molecule has 0 amide bonds. The summed E-state index contributed by atoms with van der Waals surface area (Å²) in [6, 6.07) is 13.1. The van der Waals surface area contributed by atoms with Crippen LogP contribution in [0.25, 0.3) is 22.2 Å². The van der Waals surface area contributed by atoms with Gasteiger partial charge in [0, 0.05) is 11.3 Å². The number of hydrogen-bond donors (Lipinski definition) is 1. The predicted octanol–water partition coefficient (Wildman–Crippen LogP) is 7.96. The highest BCUT2D eigenvalue weighted by atomic mass is 79.9. The third-order valence-corrected chi connectivity index (χ3v) is 9.00. The number of methoxy groups -OCH3 is 1. The minimum absolute atomic E-state index is 0.0943. The second-order valence-electron chi connectivity index (χ2n) is 9.85. The molecule has 8 nitrogen and oxygen atoms in total. The quantitative estimate of drug-likeness (QED) is 0.170. The Morgan fingerprint density at radius 2 is 1.74 bits per heavy atom. The molecule has 4 aromatic rings. The molecule has 0 unspecified atom stereocenters. The van der Waals surface area contributed by atoms with Crippen LogP contribution in [0.3, 0.4) is 0 Å². The van der Waals surface area contributed by atoms with Gasteiger partial charge in [-0.05, 0) is 105 Å². The van der Waals surface area contributed by atoms with Crippen LogP contribution in [0, 0.1) is 12.7 Å². The first-order valence-corrected chi connectivity index (χ1v) is 18.2. The second-order valence-corrected chi connectivity index (χ2v) is 18.8. The van der Waals surface area contributed by atoms with E-state index in [4.69, 9.17) is 16.3 Å². The summed E-state index contributed by atoms with van der Waals surface area (Å²) in [6.07, 6.45) is 3.00. The zero-order chi connectivity index (χ0) is 31.1. The summed E-state index contributed by atoms with van der Waals surface area (Å²) >= 11 is 15.6. The fourth-order valence-electron chi connectivity index (χ4n) is 4.84. The van der Waals surface area contributed by atoms with Crippen LogP contribution in [0.2, 0.25) is 5.02 Å². The molecular weight excluding hydrogens is 791 g/mol. The minimum atomic E-state index is -3.36. The maximum Gasteiger partial charge on any atom is 0.369 e. The SMILES string of the molecule is BrB(Br)Br.COc1ccc(Cl)c(-c2cc(C)c3nc(Nc4ccc(S(=O)(=O)CCCN5CCCC5)cc4)nnc3c2)c1F. The topological polar surface area (TPSA) is 97.3 Å². The molecule has 43 heavy (non-hydrogen) atoms. The fraction of sp³-hybridized carbons (Fsp3) is 0.321. The molecule has 0 saturated carbocycles. The molecular formula is C28H29BBr3ClFN5O3S. The van der Waals surface area contributed by atoms with Crippen molar-refractivity contribution in [2.24, 2.45) is 0 Å². The van der Waals surface area contributed by atoms with Gasteiger partial charge in [-0.15, -0.1) is 57.5 Å². The monoisotopic (exact) mass is 817 g/mol. The van der Waals surface area contributed by atoms with Crippen molar-refractivity contribution in [1.82, 2.24) is 20.1 Å². The number of nitrogens with zero attached hydrogens (tertiary/aromatic N) is 4. The maximum atomic E-state index is 15.0. The molecule has 1 aliphatic rings. The highest BCUT2D eigenvalue weighted by Gasteiger charge is 2.19. The second kappa shape index (κ2) is 15.4. The van der Waals surface area contributed by atoms with Crippen LogP contribution in [0.4, 0.5) is 16.0 Å². The van der Waals surface area contributed by atoms with Crippen molar-refractivity contribution in [1.29, 1.82) is 0 Å². The summed E-state index contributed by atoms with van der Waals surface area (Å²) in [6.45, 7) is 4.77. The van der Waals surface area contributed by atoms with Gasteiger partial charge in [-0.3, -0.25) is 0 Å². The van der Waals surface area contributed by atoms with Crippen molar-refractivity contribution >= 4 is 94.6 Å². The summed E-state index contributed by atoms with van der Waals surface area (Å²) in [5, 5.41) is 11.8. The van der Waals surface area contributed by atoms with E-state index in [2.05, 4.69) is 72.7 Å². The molecule has 5 rings (SSSR count). The molecule has 15 heteroatoms. The Hall–Kier alpha value is -1.84. The molecule has 0 aliphatic carbocycles. The first-order valence-electron chi connectivity index (χ1n) is 13.4. The van der Waals surface area contributed by atoms with Crippen LogP contribution in [0.15, 0.2) is 53.4 Å². The normalized spacial score (nSPS) is 13.5. The van der Waals surface area contributed by atoms with E-state index in [1.165, 1.54) is 26.0 Å². The number of fused-ring (bicyclic) bond motifs is 1. The van der Waals surface area contributed by atoms with Gasteiger partial charge in [-0.1, -0.05) is 11.6 Å². The summed E-state index contributed by atoms with van der Waals surface area (Å²) in [4.78, 5) is 7.18. The van der Waals surface area contributed by atoms with Crippen molar-refractivity contribution in [3.63, 3.8) is 0 Å². The molecule has 0 radical (unpaired) electrons. The highest BCUT2D eigenvalue weighted by molar-refractivity contribution is 9.69. The van der Waals surface area contributed by atoms with Gasteiger partial charge in [0.25, 0.3) is 0 Å². The molecule has 1 fully saturated rings. The van der Waals surface area contributed by atoms with Gasteiger partial charge in [0.2, 0.25) is 5.95 Å². The zero-order valence-corrected chi connectivity index (χ0v) is 29.8. The Balaban J connectivity index is 0.000000996. The van der Waals surface area contributed by atoms with E-state index in [0.717, 1.165) is 25.2 Å². The molecule has 0 spiro atoms. The van der Waals surface area contributed by atoms with E-state index in [1.807, 2.05) is 6.92 Å². The minimum Gasteiger partial charge on any atom is -0.494 e. The van der Waals surface area contributed by atoms with Gasteiger partial charge < -0.3 is 15.0 Å². The lowest BCUT2D eigenvalue weighted by molar-refractivity contribution is 0.340. The highest BCUT2D eigenvalue weighted by Crippen LogP contribution is 2.37. The number of benzene rings is 3. The number of hydrogen-bond acceptors (Lipinski definition) is 8. The van der Waals surface area contributed by atoms with Gasteiger partial charge in [0.1, 0.15) is 5.52 Å². The van der Waals surface area contributed by atoms with Crippen LogP contribution in [-0.2, 0) is 9.84 Å². The van der Waals surface area contributed by atoms with Crippen LogP contribution in [-0.4, -0.2) is 64.2 Å². The first-order chi connectivity index (χ1) is 20.5. The van der Waals surface area contributed by atoms with Crippen LogP contribution in [0.5, 0.6) is 5.75 Å². The number of nitrogens with one attached hydrogen (secondary N) is 1. The van der Waals surface area contributed by atoms with E-state index < -0.39 is 15.7 Å². The number of rotatable bonds is 9. The summed E-state index contributed by atoms with van der Waals surface area (Å²) < 4.78 is 45.9. The van der Waals surface area contributed by atoms with Gasteiger partial charge in [-0.2, -0.15) is 0 Å². The van der Waals surface area contributed by atoms with Crippen molar-refractivity contribution < 1.29 is 17.5 Å². The number of likely N-dealkylation sites (tertiary alicyclic amines) is 1. The largest absolute Gasteiger partial charge is 0.494 e. The van der Waals surface area contributed by atoms with E-state index in [-0.39, 0.29) is 31.2 Å². The number of aromatic nitrogens is 3. The van der Waals surface area contributed by atoms with E-state index >= 15 is 0 Å². The lowest BCUT2D eigenvalue weighted by atomic mass is 10.0. The van der Waals surface area contributed by atoms with Gasteiger partial charge in [-0.25, -0.2) is 17.8 Å². The van der Waals surface area contributed by atoms with Crippen LogP contribution < -0.4 is 10.1 Å². The molecule has 228 valence electrons. The van der Waals surface area contributed by atoms with Gasteiger partial charge in [0.15, 0.2) is 21.4 Å². The Morgan fingerprint density at radius 1 is 1.07 bits per heavy atom. The lowest BCUT2D eigenvalue weighted by Gasteiger charge is -2.14. The van der Waals surface area contributed by atoms with Crippen molar-refractivity contribution in [3.8, 4) is 16.9 Å². The summed E-state index contributed by atoms with van der Waals surface area (Å²) in [7, 11) is -1.96. The zero-order valence-electron chi connectivity index (χ0n) is 23.5. The standard InChI is InChI=1S/C28H29ClFN5O3S.BBr3/c1-18-16-19(25-22(29)10-11-24(38-2)26(25)30)17-23-27(18)32-28(34-33-23)31-20-6-8-21(9-7-20)39(36,37)15-5-14-35-12-3-4-13-35;2-1(3)4/h6-11,16-17H,3-5,12-15H2,1-2H3,(H,31,32,34);. The molecule has 1 saturated heterocycles. The van der Waals surface area contributed by atoms with Crippen molar-refractivity contribution in [3.05, 3.63) is 64.9 Å². The third-order valence-electron chi connectivity index (χ3n) is 6.87. The number of anilines is 2. The van der Waals surface area contributed by atoms with Crippen LogP contribution in [0.1, 0.15) is 24.8 Å². The first kappa shape index (κ1) is 34.0. The molecule has 3 aromatic carbocycles. The Kier molecular flexibility index (Phi) is 12.2. The average Bonchev–Trinajstić information content (AvgIpc) is 3.47. The third kappa shape index (κ3) is 9.10. The van der Waals surface area contributed by atoms with E-state index in [1.54, 1.807) is 42.5 Å². The Labute approximate surface area is 281 Å². The number of ether oxygens (including phenoxy) is 1. The molecule has 1 aliphatic heterocycles. The molecule has 0 bridgehead atoms. The van der Waals surface area contributed by atoms with Gasteiger partial charge in [0.05, 0.1) is 28.3 Å². The number of aryl methyl sites for hydroxylation is 1. The molecule has 1 N–H and O–H groups in total. The number of halogens is 5. The molecule has 2 heterocycles. The maximum absolute atomic E-state index is 15.0. The summed E-state index contributed by atoms with van der Waals surface area (Å²) in [5.74, 6) is -0.0814. The van der Waals surface area contributed by atoms with E-state index in [0.29, 0.717) is 33.6 Å². The molecule has 0 atom stereocenters. The van der Waals surface area contributed by atoms with E-state index in [9.17, 15) is 12.8 Å².